The normalized spacial score (nSPS) is 15.8. The molecule has 8 heteroatoms. The van der Waals surface area contributed by atoms with Crippen LogP contribution < -0.4 is 5.73 Å². The van der Waals surface area contributed by atoms with Crippen LogP contribution in [0.5, 0.6) is 0 Å². The van der Waals surface area contributed by atoms with Crippen molar-refractivity contribution >= 4 is 17.9 Å². The molecule has 0 aliphatic rings. The molecule has 0 spiro atoms. The highest BCUT2D eigenvalue weighted by atomic mass is 16.6. The molecule has 2 unspecified atom stereocenters. The van der Waals surface area contributed by atoms with E-state index in [1.807, 2.05) is 0 Å². The second kappa shape index (κ2) is 6.31. The maximum Gasteiger partial charge on any atom is 0.336 e. The topological polar surface area (TPSA) is 147 Å². The van der Waals surface area contributed by atoms with Gasteiger partial charge in [0.2, 0.25) is 0 Å². The van der Waals surface area contributed by atoms with E-state index in [4.69, 9.17) is 15.9 Å². The Balaban J connectivity index is 4.65. The summed E-state index contributed by atoms with van der Waals surface area (Å²) in [5.41, 5.74) is 2.73. The highest BCUT2D eigenvalue weighted by molar-refractivity contribution is 5.88. The van der Waals surface area contributed by atoms with Crippen molar-refractivity contribution in [1.82, 2.24) is 0 Å². The zero-order valence-corrected chi connectivity index (χ0v) is 10.1. The monoisotopic (exact) mass is 263 g/mol. The molecule has 0 fully saturated rings. The molecule has 8 nitrogen and oxygen atoms in total. The van der Waals surface area contributed by atoms with Gasteiger partial charge >= 0.3 is 17.9 Å². The van der Waals surface area contributed by atoms with Gasteiger partial charge in [0.1, 0.15) is 0 Å². The van der Waals surface area contributed by atoms with Crippen molar-refractivity contribution < 1.29 is 34.4 Å². The van der Waals surface area contributed by atoms with Crippen LogP contribution in [-0.2, 0) is 19.1 Å². The molecule has 0 saturated carbocycles. The smallest absolute Gasteiger partial charge is 0.336 e. The number of rotatable bonds is 7. The van der Waals surface area contributed by atoms with Gasteiger partial charge in [-0.15, -0.1) is 0 Å². The molecule has 0 aromatic heterocycles. The summed E-state index contributed by atoms with van der Waals surface area (Å²) in [5, 5.41) is 26.8. The van der Waals surface area contributed by atoms with Crippen molar-refractivity contribution in [2.24, 2.45) is 11.7 Å². The third kappa shape index (κ3) is 5.11. The second-order valence-corrected chi connectivity index (χ2v) is 4.28. The number of carboxylic acids is 2. The quantitative estimate of drug-likeness (QED) is 0.343. The summed E-state index contributed by atoms with van der Waals surface area (Å²) in [5.74, 6) is -4.60. The molecule has 0 bridgehead atoms. The fourth-order valence-electron chi connectivity index (χ4n) is 1.03. The van der Waals surface area contributed by atoms with Crippen molar-refractivity contribution in [2.45, 2.75) is 38.5 Å². The van der Waals surface area contributed by atoms with Gasteiger partial charge in [0, 0.05) is 5.92 Å². The summed E-state index contributed by atoms with van der Waals surface area (Å²) in [7, 11) is 0. The number of ether oxygens (including phenoxy) is 1. The summed E-state index contributed by atoms with van der Waals surface area (Å²) >= 11 is 0. The summed E-state index contributed by atoms with van der Waals surface area (Å²) in [6.45, 7) is 3.36. The van der Waals surface area contributed by atoms with E-state index in [1.54, 1.807) is 13.8 Å². The van der Waals surface area contributed by atoms with E-state index in [0.717, 1.165) is 0 Å². The molecular weight excluding hydrogens is 246 g/mol. The largest absolute Gasteiger partial charge is 0.481 e. The summed E-state index contributed by atoms with van der Waals surface area (Å²) < 4.78 is 4.66. The van der Waals surface area contributed by atoms with E-state index in [9.17, 15) is 19.5 Å². The SMILES string of the molecule is CC(C)C(N)OC(=O)CC(O)(CC(=O)O)C(=O)O. The van der Waals surface area contributed by atoms with Crippen molar-refractivity contribution in [3.05, 3.63) is 0 Å². The third-order valence-electron chi connectivity index (χ3n) is 2.20. The van der Waals surface area contributed by atoms with Crippen molar-refractivity contribution in [2.75, 3.05) is 0 Å². The first-order valence-electron chi connectivity index (χ1n) is 5.21. The van der Waals surface area contributed by atoms with Crippen LogP contribution in [0.1, 0.15) is 26.7 Å². The second-order valence-electron chi connectivity index (χ2n) is 4.28. The maximum atomic E-state index is 11.3. The molecule has 0 radical (unpaired) electrons. The Kier molecular flexibility index (Phi) is 5.73. The summed E-state index contributed by atoms with van der Waals surface area (Å²) in [6.07, 6.45) is -3.02. The third-order valence-corrected chi connectivity index (χ3v) is 2.20. The van der Waals surface area contributed by atoms with Gasteiger partial charge in [-0.3, -0.25) is 15.3 Å². The number of carboxylic acid groups (broad SMARTS) is 2. The Labute approximate surface area is 103 Å². The Morgan fingerprint density at radius 2 is 1.72 bits per heavy atom. The molecule has 104 valence electrons. The van der Waals surface area contributed by atoms with Crippen LogP contribution in [0.4, 0.5) is 0 Å². The Hall–Kier alpha value is -1.67. The molecule has 0 aromatic rings. The maximum absolute atomic E-state index is 11.3. The Morgan fingerprint density at radius 1 is 1.22 bits per heavy atom. The average molecular weight is 263 g/mol. The van der Waals surface area contributed by atoms with Crippen molar-refractivity contribution in [1.29, 1.82) is 0 Å². The Bertz CT molecular complexity index is 341. The van der Waals surface area contributed by atoms with E-state index < -0.39 is 42.6 Å². The minimum Gasteiger partial charge on any atom is -0.481 e. The summed E-state index contributed by atoms with van der Waals surface area (Å²) in [4.78, 5) is 32.5. The lowest BCUT2D eigenvalue weighted by Crippen LogP contribution is -2.44. The molecular formula is C10H17NO7. The minimum absolute atomic E-state index is 0.189. The van der Waals surface area contributed by atoms with Gasteiger partial charge in [-0.25, -0.2) is 4.79 Å². The van der Waals surface area contributed by atoms with Gasteiger partial charge in [0.25, 0.3) is 0 Å². The number of nitrogens with two attached hydrogens (primary N) is 1. The number of aliphatic carboxylic acids is 2. The predicted molar refractivity (Wildman–Crippen MR) is 58.4 cm³/mol. The molecule has 0 aromatic carbocycles. The van der Waals surface area contributed by atoms with Crippen LogP contribution in [-0.4, -0.2) is 45.1 Å². The fourth-order valence-corrected chi connectivity index (χ4v) is 1.03. The molecule has 0 heterocycles. The van der Waals surface area contributed by atoms with Crippen LogP contribution in [0.15, 0.2) is 0 Å². The van der Waals surface area contributed by atoms with E-state index in [2.05, 4.69) is 4.74 Å². The van der Waals surface area contributed by atoms with E-state index in [-0.39, 0.29) is 5.92 Å². The molecule has 2 atom stereocenters. The molecule has 0 amide bonds. The van der Waals surface area contributed by atoms with E-state index in [0.29, 0.717) is 0 Å². The van der Waals surface area contributed by atoms with Gasteiger partial charge < -0.3 is 20.1 Å². The molecule has 0 aliphatic carbocycles. The average Bonchev–Trinajstić information content (AvgIpc) is 2.14. The van der Waals surface area contributed by atoms with Crippen molar-refractivity contribution in [3.8, 4) is 0 Å². The van der Waals surface area contributed by atoms with Crippen LogP contribution >= 0.6 is 0 Å². The highest BCUT2D eigenvalue weighted by Gasteiger charge is 2.41. The van der Waals surface area contributed by atoms with Crippen molar-refractivity contribution in [3.63, 3.8) is 0 Å². The molecule has 5 N–H and O–H groups in total. The number of aliphatic hydroxyl groups is 1. The van der Waals surface area contributed by atoms with Crippen LogP contribution in [0.25, 0.3) is 0 Å². The van der Waals surface area contributed by atoms with Gasteiger partial charge in [0.15, 0.2) is 11.8 Å². The predicted octanol–water partition coefficient (Wildman–Crippen LogP) is -0.849. The molecule has 0 saturated heterocycles. The number of carbonyl (C=O) groups is 3. The number of carbonyl (C=O) groups excluding carboxylic acids is 1. The van der Waals surface area contributed by atoms with Crippen LogP contribution in [0, 0.1) is 5.92 Å². The minimum atomic E-state index is -2.69. The molecule has 18 heavy (non-hydrogen) atoms. The van der Waals surface area contributed by atoms with Crippen LogP contribution in [0.2, 0.25) is 0 Å². The molecule has 0 rings (SSSR count). The molecule has 0 aliphatic heterocycles. The fraction of sp³-hybridized carbons (Fsp3) is 0.700. The first-order chi connectivity index (χ1) is 8.08. The number of hydrogen-bond acceptors (Lipinski definition) is 6. The van der Waals surface area contributed by atoms with Crippen LogP contribution in [0.3, 0.4) is 0 Å². The standard InChI is InChI=1S/C10H17NO7/c1-5(2)8(11)18-7(14)4-10(17,9(15)16)3-6(12)13/h5,8,17H,3-4,11H2,1-2H3,(H,12,13)(H,15,16). The van der Waals surface area contributed by atoms with E-state index >= 15 is 0 Å². The first-order valence-corrected chi connectivity index (χ1v) is 5.21. The zero-order valence-electron chi connectivity index (χ0n) is 10.1. The lowest BCUT2D eigenvalue weighted by Gasteiger charge is -2.22. The first kappa shape index (κ1) is 16.3. The zero-order chi connectivity index (χ0) is 14.5. The summed E-state index contributed by atoms with van der Waals surface area (Å²) in [6, 6.07) is 0. The lowest BCUT2D eigenvalue weighted by atomic mass is 9.96. The number of esters is 1. The van der Waals surface area contributed by atoms with Gasteiger partial charge in [0.05, 0.1) is 12.8 Å². The lowest BCUT2D eigenvalue weighted by molar-refractivity contribution is -0.174. The van der Waals surface area contributed by atoms with Gasteiger partial charge in [-0.1, -0.05) is 13.8 Å². The highest BCUT2D eigenvalue weighted by Crippen LogP contribution is 2.17. The Morgan fingerprint density at radius 3 is 2.06 bits per heavy atom. The van der Waals surface area contributed by atoms with Gasteiger partial charge in [-0.2, -0.15) is 0 Å². The van der Waals surface area contributed by atoms with E-state index in [1.165, 1.54) is 0 Å². The van der Waals surface area contributed by atoms with Gasteiger partial charge in [-0.05, 0) is 0 Å². The number of hydrogen-bond donors (Lipinski definition) is 4.